The van der Waals surface area contributed by atoms with Gasteiger partial charge in [0.25, 0.3) is 0 Å². The molecule has 0 radical (unpaired) electrons. The van der Waals surface area contributed by atoms with Crippen LogP contribution in [0.3, 0.4) is 0 Å². The monoisotopic (exact) mass is 417 g/mol. The standard InChI is InChI=1S/C25H39NO4/c1-5-6-7-8-9-10-11-12-24(29)23-15-13-22(14-16-23)17-18-25(4,26-20(2)27)19-30-21(3)28/h13-16H,5-12,17-19H2,1-4H3,(H,26,27). The van der Waals surface area contributed by atoms with Crippen molar-refractivity contribution in [3.8, 4) is 0 Å². The minimum Gasteiger partial charge on any atom is -0.463 e. The number of carbonyl (C=O) groups is 3. The van der Waals surface area contributed by atoms with E-state index in [0.29, 0.717) is 19.3 Å². The number of amides is 1. The number of Topliss-reactive ketones (excluding diaryl/α,β-unsaturated/α-hetero) is 1. The maximum Gasteiger partial charge on any atom is 0.302 e. The number of ether oxygens (including phenoxy) is 1. The topological polar surface area (TPSA) is 72.5 Å². The molecule has 0 saturated heterocycles. The number of aryl methyl sites for hydroxylation is 1. The molecule has 0 aliphatic carbocycles. The smallest absolute Gasteiger partial charge is 0.302 e. The van der Waals surface area contributed by atoms with Crippen LogP contribution in [0.25, 0.3) is 0 Å². The fourth-order valence-corrected chi connectivity index (χ4v) is 3.52. The number of carbonyl (C=O) groups excluding carboxylic acids is 3. The Balaban J connectivity index is 2.47. The number of esters is 1. The summed E-state index contributed by atoms with van der Waals surface area (Å²) in [4.78, 5) is 35.0. The van der Waals surface area contributed by atoms with Crippen molar-refractivity contribution < 1.29 is 19.1 Å². The minimum atomic E-state index is -0.622. The molecular weight excluding hydrogens is 378 g/mol. The van der Waals surface area contributed by atoms with Gasteiger partial charge in [-0.15, -0.1) is 0 Å². The molecule has 1 amide bonds. The Morgan fingerprint density at radius 2 is 1.53 bits per heavy atom. The Morgan fingerprint density at radius 3 is 2.10 bits per heavy atom. The highest BCUT2D eigenvalue weighted by Gasteiger charge is 2.26. The molecule has 1 rings (SSSR count). The highest BCUT2D eigenvalue weighted by atomic mass is 16.5. The molecule has 30 heavy (non-hydrogen) atoms. The predicted octanol–water partition coefficient (Wildman–Crippen LogP) is 5.40. The van der Waals surface area contributed by atoms with E-state index in [-0.39, 0.29) is 24.3 Å². The first kappa shape index (κ1) is 25.9. The van der Waals surface area contributed by atoms with Crippen LogP contribution in [0.2, 0.25) is 0 Å². The normalized spacial score (nSPS) is 12.8. The quantitative estimate of drug-likeness (QED) is 0.236. The van der Waals surface area contributed by atoms with Gasteiger partial charge in [-0.05, 0) is 31.7 Å². The molecule has 1 unspecified atom stereocenters. The van der Waals surface area contributed by atoms with E-state index in [1.54, 1.807) is 0 Å². The van der Waals surface area contributed by atoms with E-state index in [0.717, 1.165) is 24.0 Å². The van der Waals surface area contributed by atoms with Crippen LogP contribution in [0.15, 0.2) is 24.3 Å². The highest BCUT2D eigenvalue weighted by Crippen LogP contribution is 2.17. The van der Waals surface area contributed by atoms with Gasteiger partial charge in [0.2, 0.25) is 5.91 Å². The summed E-state index contributed by atoms with van der Waals surface area (Å²) in [5.41, 5.74) is 1.22. The largest absolute Gasteiger partial charge is 0.463 e. The molecule has 0 aliphatic heterocycles. The van der Waals surface area contributed by atoms with Crippen LogP contribution in [0.1, 0.15) is 101 Å². The number of rotatable bonds is 15. The molecule has 5 heteroatoms. The van der Waals surface area contributed by atoms with Crippen molar-refractivity contribution in [1.29, 1.82) is 0 Å². The molecule has 1 aromatic carbocycles. The van der Waals surface area contributed by atoms with Gasteiger partial charge in [-0.2, -0.15) is 0 Å². The third-order valence-electron chi connectivity index (χ3n) is 5.32. The van der Waals surface area contributed by atoms with Crippen molar-refractivity contribution in [2.75, 3.05) is 6.61 Å². The van der Waals surface area contributed by atoms with E-state index in [9.17, 15) is 14.4 Å². The summed E-state index contributed by atoms with van der Waals surface area (Å²) in [5.74, 6) is -0.320. The van der Waals surface area contributed by atoms with E-state index in [1.807, 2.05) is 31.2 Å². The lowest BCUT2D eigenvalue weighted by Gasteiger charge is -2.29. The molecule has 0 aromatic heterocycles. The van der Waals surface area contributed by atoms with E-state index in [1.165, 1.54) is 46.0 Å². The summed E-state index contributed by atoms with van der Waals surface area (Å²) in [5, 5.41) is 2.89. The molecule has 1 aromatic rings. The number of ketones is 1. The first-order valence-corrected chi connectivity index (χ1v) is 11.3. The average molecular weight is 418 g/mol. The van der Waals surface area contributed by atoms with E-state index >= 15 is 0 Å². The summed E-state index contributed by atoms with van der Waals surface area (Å²) in [7, 11) is 0. The van der Waals surface area contributed by atoms with Gasteiger partial charge in [0.15, 0.2) is 5.78 Å². The molecule has 0 heterocycles. The van der Waals surface area contributed by atoms with Gasteiger partial charge < -0.3 is 10.1 Å². The number of nitrogens with one attached hydrogen (secondary N) is 1. The summed E-state index contributed by atoms with van der Waals surface area (Å²) in [6.07, 6.45) is 10.4. The molecule has 168 valence electrons. The summed E-state index contributed by atoms with van der Waals surface area (Å²) >= 11 is 0. The van der Waals surface area contributed by atoms with Crippen LogP contribution in [-0.2, 0) is 20.7 Å². The lowest BCUT2D eigenvalue weighted by atomic mass is 9.93. The van der Waals surface area contributed by atoms with Crippen LogP contribution < -0.4 is 5.32 Å². The van der Waals surface area contributed by atoms with Gasteiger partial charge in [-0.25, -0.2) is 0 Å². The van der Waals surface area contributed by atoms with Gasteiger partial charge in [0.05, 0.1) is 5.54 Å². The molecule has 1 atom stereocenters. The van der Waals surface area contributed by atoms with Crippen molar-refractivity contribution in [3.63, 3.8) is 0 Å². The van der Waals surface area contributed by atoms with Crippen LogP contribution in [0.4, 0.5) is 0 Å². The molecule has 0 fully saturated rings. The summed E-state index contributed by atoms with van der Waals surface area (Å²) in [6, 6.07) is 7.72. The lowest BCUT2D eigenvalue weighted by Crippen LogP contribution is -2.49. The third kappa shape index (κ3) is 11.1. The van der Waals surface area contributed by atoms with Gasteiger partial charge >= 0.3 is 5.97 Å². The maximum absolute atomic E-state index is 12.4. The number of unbranched alkanes of at least 4 members (excludes halogenated alkanes) is 6. The molecule has 1 N–H and O–H groups in total. The van der Waals surface area contributed by atoms with Gasteiger partial charge in [-0.3, -0.25) is 14.4 Å². The Labute approximate surface area is 182 Å². The van der Waals surface area contributed by atoms with Crippen LogP contribution >= 0.6 is 0 Å². The van der Waals surface area contributed by atoms with E-state index in [4.69, 9.17) is 4.74 Å². The molecule has 0 saturated carbocycles. The Kier molecular flexibility index (Phi) is 12.0. The molecule has 0 aliphatic rings. The zero-order valence-electron chi connectivity index (χ0n) is 19.2. The first-order valence-electron chi connectivity index (χ1n) is 11.3. The Bertz CT molecular complexity index is 668. The second-order valence-corrected chi connectivity index (χ2v) is 8.51. The highest BCUT2D eigenvalue weighted by molar-refractivity contribution is 5.96. The molecule has 0 spiro atoms. The zero-order valence-corrected chi connectivity index (χ0v) is 19.2. The van der Waals surface area contributed by atoms with Gasteiger partial charge in [0.1, 0.15) is 6.61 Å². The molecule has 0 bridgehead atoms. The van der Waals surface area contributed by atoms with Crippen molar-refractivity contribution in [1.82, 2.24) is 5.32 Å². The van der Waals surface area contributed by atoms with Crippen molar-refractivity contribution in [2.45, 2.75) is 97.4 Å². The average Bonchev–Trinajstić information content (AvgIpc) is 2.70. The summed E-state index contributed by atoms with van der Waals surface area (Å²) < 4.78 is 5.12. The number of hydrogen-bond donors (Lipinski definition) is 1. The fourth-order valence-electron chi connectivity index (χ4n) is 3.52. The second-order valence-electron chi connectivity index (χ2n) is 8.51. The number of hydrogen-bond acceptors (Lipinski definition) is 4. The van der Waals surface area contributed by atoms with E-state index < -0.39 is 5.54 Å². The van der Waals surface area contributed by atoms with Crippen molar-refractivity contribution >= 4 is 17.7 Å². The lowest BCUT2D eigenvalue weighted by molar-refractivity contribution is -0.144. The molecule has 5 nitrogen and oxygen atoms in total. The SMILES string of the molecule is CCCCCCCCCC(=O)c1ccc(CCC(C)(COC(C)=O)NC(C)=O)cc1. The summed E-state index contributed by atoms with van der Waals surface area (Å²) in [6.45, 7) is 7.04. The predicted molar refractivity (Wildman–Crippen MR) is 121 cm³/mol. The molecular formula is C25H39NO4. The maximum atomic E-state index is 12.4. The van der Waals surface area contributed by atoms with Crippen molar-refractivity contribution in [2.24, 2.45) is 0 Å². The van der Waals surface area contributed by atoms with Crippen LogP contribution in [0, 0.1) is 0 Å². The Morgan fingerprint density at radius 1 is 0.933 bits per heavy atom. The third-order valence-corrected chi connectivity index (χ3v) is 5.32. The van der Waals surface area contributed by atoms with Gasteiger partial charge in [-0.1, -0.05) is 69.7 Å². The Hall–Kier alpha value is -2.17. The van der Waals surface area contributed by atoms with E-state index in [2.05, 4.69) is 12.2 Å². The first-order chi connectivity index (χ1) is 14.3. The van der Waals surface area contributed by atoms with Crippen LogP contribution in [0.5, 0.6) is 0 Å². The van der Waals surface area contributed by atoms with Crippen LogP contribution in [-0.4, -0.2) is 29.8 Å². The van der Waals surface area contributed by atoms with Crippen molar-refractivity contribution in [3.05, 3.63) is 35.4 Å². The zero-order chi connectivity index (χ0) is 22.4. The second kappa shape index (κ2) is 13.9. The number of benzene rings is 1. The minimum absolute atomic E-state index is 0.136. The fraction of sp³-hybridized carbons (Fsp3) is 0.640. The van der Waals surface area contributed by atoms with Gasteiger partial charge in [0, 0.05) is 25.8 Å².